The molecule has 8 heteroatoms. The fourth-order valence-corrected chi connectivity index (χ4v) is 4.73. The highest BCUT2D eigenvalue weighted by molar-refractivity contribution is 7.89. The molecule has 0 saturated carbocycles. The molecule has 128 valence electrons. The van der Waals surface area contributed by atoms with Crippen molar-refractivity contribution in [1.29, 1.82) is 0 Å². The molecule has 2 aromatic rings. The molecular formula is C16H17FN2O3S2. The number of piperazine rings is 1. The van der Waals surface area contributed by atoms with Crippen LogP contribution in [0.4, 0.5) is 4.39 Å². The van der Waals surface area contributed by atoms with E-state index in [1.807, 2.05) is 16.3 Å². The number of ketones is 1. The first-order valence-corrected chi connectivity index (χ1v) is 9.83. The highest BCUT2D eigenvalue weighted by Crippen LogP contribution is 2.19. The minimum Gasteiger partial charge on any atom is -0.293 e. The largest absolute Gasteiger partial charge is 0.293 e. The molecule has 1 aromatic carbocycles. The van der Waals surface area contributed by atoms with Gasteiger partial charge in [0.05, 0.1) is 16.3 Å². The molecule has 24 heavy (non-hydrogen) atoms. The molecular weight excluding hydrogens is 351 g/mol. The second kappa shape index (κ2) is 7.10. The third-order valence-corrected chi connectivity index (χ3v) is 6.73. The molecule has 0 N–H and O–H groups in total. The third-order valence-electron chi connectivity index (χ3n) is 3.93. The van der Waals surface area contributed by atoms with Gasteiger partial charge in [0, 0.05) is 26.2 Å². The molecule has 0 radical (unpaired) electrons. The maximum atomic E-state index is 13.3. The van der Waals surface area contributed by atoms with E-state index in [-0.39, 0.29) is 30.3 Å². The Morgan fingerprint density at radius 3 is 2.50 bits per heavy atom. The van der Waals surface area contributed by atoms with Gasteiger partial charge in [-0.05, 0) is 29.6 Å². The zero-order valence-electron chi connectivity index (χ0n) is 12.9. The van der Waals surface area contributed by atoms with Gasteiger partial charge in [-0.1, -0.05) is 12.1 Å². The van der Waals surface area contributed by atoms with Gasteiger partial charge in [-0.25, -0.2) is 12.8 Å². The lowest BCUT2D eigenvalue weighted by Gasteiger charge is -2.33. The van der Waals surface area contributed by atoms with Gasteiger partial charge >= 0.3 is 0 Å². The van der Waals surface area contributed by atoms with Crippen molar-refractivity contribution in [3.8, 4) is 0 Å². The van der Waals surface area contributed by atoms with Crippen molar-refractivity contribution >= 4 is 27.1 Å². The molecule has 0 bridgehead atoms. The van der Waals surface area contributed by atoms with Crippen molar-refractivity contribution in [3.63, 3.8) is 0 Å². The second-order valence-electron chi connectivity index (χ2n) is 5.54. The van der Waals surface area contributed by atoms with Crippen LogP contribution < -0.4 is 0 Å². The number of hydrogen-bond acceptors (Lipinski definition) is 5. The first-order chi connectivity index (χ1) is 11.5. The lowest BCUT2D eigenvalue weighted by Crippen LogP contribution is -2.49. The van der Waals surface area contributed by atoms with Crippen molar-refractivity contribution < 1.29 is 17.6 Å². The first kappa shape index (κ1) is 17.2. The minimum atomic E-state index is -3.70. The Labute approximate surface area is 144 Å². The Balaban J connectivity index is 1.61. The van der Waals surface area contributed by atoms with Gasteiger partial charge in [-0.15, -0.1) is 11.3 Å². The molecule has 0 aliphatic carbocycles. The van der Waals surface area contributed by atoms with Gasteiger partial charge < -0.3 is 0 Å². The summed E-state index contributed by atoms with van der Waals surface area (Å²) >= 11 is 1.41. The van der Waals surface area contributed by atoms with E-state index < -0.39 is 15.8 Å². The number of hydrogen-bond donors (Lipinski definition) is 0. The molecule has 0 spiro atoms. The summed E-state index contributed by atoms with van der Waals surface area (Å²) in [5.41, 5.74) is 0. The predicted octanol–water partition coefficient (Wildman–Crippen LogP) is 2.08. The molecule has 0 amide bonds. The summed E-state index contributed by atoms with van der Waals surface area (Å²) in [5.74, 6) is -0.525. The van der Waals surface area contributed by atoms with E-state index in [9.17, 15) is 17.6 Å². The van der Waals surface area contributed by atoms with E-state index >= 15 is 0 Å². The van der Waals surface area contributed by atoms with Crippen LogP contribution in [0.1, 0.15) is 9.67 Å². The van der Waals surface area contributed by atoms with Crippen LogP contribution in [0.3, 0.4) is 0 Å². The quantitative estimate of drug-likeness (QED) is 0.758. The van der Waals surface area contributed by atoms with Gasteiger partial charge in [0.25, 0.3) is 0 Å². The number of rotatable bonds is 5. The van der Waals surface area contributed by atoms with Gasteiger partial charge in [0.1, 0.15) is 5.82 Å². The van der Waals surface area contributed by atoms with E-state index in [4.69, 9.17) is 0 Å². The SMILES string of the molecule is O=C(CN1CCN(S(=O)(=O)c2cccc(F)c2)CC1)c1cccs1. The highest BCUT2D eigenvalue weighted by atomic mass is 32.2. The Hall–Kier alpha value is -1.61. The normalized spacial score (nSPS) is 17.0. The Kier molecular flexibility index (Phi) is 5.09. The van der Waals surface area contributed by atoms with Crippen LogP contribution in [0, 0.1) is 5.82 Å². The van der Waals surface area contributed by atoms with Gasteiger partial charge in [0.15, 0.2) is 5.78 Å². The number of Topliss-reactive ketones (excluding diaryl/α,β-unsaturated/α-hetero) is 1. The van der Waals surface area contributed by atoms with E-state index in [2.05, 4.69) is 0 Å². The minimum absolute atomic E-state index is 0.0365. The number of nitrogens with zero attached hydrogens (tertiary/aromatic N) is 2. The fourth-order valence-electron chi connectivity index (χ4n) is 2.62. The Bertz CT molecular complexity index is 814. The molecule has 0 atom stereocenters. The molecule has 1 saturated heterocycles. The van der Waals surface area contributed by atoms with Gasteiger partial charge in [-0.2, -0.15) is 4.31 Å². The summed E-state index contributed by atoms with van der Waals surface area (Å²) in [6.07, 6.45) is 0. The summed E-state index contributed by atoms with van der Waals surface area (Å²) in [6.45, 7) is 1.82. The average molecular weight is 368 g/mol. The van der Waals surface area contributed by atoms with Crippen LogP contribution in [0.15, 0.2) is 46.7 Å². The second-order valence-corrected chi connectivity index (χ2v) is 8.42. The van der Waals surface area contributed by atoms with Crippen LogP contribution in [0.2, 0.25) is 0 Å². The molecule has 1 aromatic heterocycles. The van der Waals surface area contributed by atoms with Crippen LogP contribution in [0.25, 0.3) is 0 Å². The summed E-state index contributed by atoms with van der Waals surface area (Å²) in [5, 5.41) is 1.86. The smallest absolute Gasteiger partial charge is 0.243 e. The first-order valence-electron chi connectivity index (χ1n) is 7.51. The van der Waals surface area contributed by atoms with Crippen molar-refractivity contribution in [1.82, 2.24) is 9.21 Å². The summed E-state index contributed by atoms with van der Waals surface area (Å²) in [6, 6.07) is 8.65. The van der Waals surface area contributed by atoms with Crippen LogP contribution in [-0.4, -0.2) is 56.1 Å². The summed E-state index contributed by atoms with van der Waals surface area (Å²) in [4.78, 5) is 14.7. The number of sulfonamides is 1. The van der Waals surface area contributed by atoms with Gasteiger partial charge in [-0.3, -0.25) is 9.69 Å². The van der Waals surface area contributed by atoms with E-state index in [1.54, 1.807) is 6.07 Å². The number of carbonyl (C=O) groups is 1. The van der Waals surface area contributed by atoms with Crippen LogP contribution >= 0.6 is 11.3 Å². The zero-order chi connectivity index (χ0) is 17.2. The van der Waals surface area contributed by atoms with E-state index in [0.717, 1.165) is 6.07 Å². The Morgan fingerprint density at radius 2 is 1.88 bits per heavy atom. The molecule has 1 aliphatic heterocycles. The van der Waals surface area contributed by atoms with Gasteiger partial charge in [0.2, 0.25) is 10.0 Å². The van der Waals surface area contributed by atoms with E-state index in [1.165, 1.54) is 33.8 Å². The number of halogens is 1. The fraction of sp³-hybridized carbons (Fsp3) is 0.312. The monoisotopic (exact) mass is 368 g/mol. The Morgan fingerprint density at radius 1 is 1.12 bits per heavy atom. The van der Waals surface area contributed by atoms with E-state index in [0.29, 0.717) is 18.0 Å². The lowest BCUT2D eigenvalue weighted by atomic mass is 10.2. The molecule has 0 unspecified atom stereocenters. The predicted molar refractivity (Wildman–Crippen MR) is 90.2 cm³/mol. The molecule has 3 rings (SSSR count). The molecule has 2 heterocycles. The number of carbonyl (C=O) groups excluding carboxylic acids is 1. The average Bonchev–Trinajstić information content (AvgIpc) is 3.10. The molecule has 1 aliphatic rings. The zero-order valence-corrected chi connectivity index (χ0v) is 14.5. The third kappa shape index (κ3) is 3.72. The van der Waals surface area contributed by atoms with Crippen molar-refractivity contribution in [2.24, 2.45) is 0 Å². The standard InChI is InChI=1S/C16H17FN2O3S2/c17-13-3-1-4-14(11-13)24(21,22)19-8-6-18(7-9-19)12-15(20)16-5-2-10-23-16/h1-5,10-11H,6-9,12H2. The van der Waals surface area contributed by atoms with Crippen LogP contribution in [0.5, 0.6) is 0 Å². The maximum absolute atomic E-state index is 13.3. The molecule has 1 fully saturated rings. The highest BCUT2D eigenvalue weighted by Gasteiger charge is 2.29. The topological polar surface area (TPSA) is 57.7 Å². The number of benzene rings is 1. The van der Waals surface area contributed by atoms with Crippen molar-refractivity contribution in [2.45, 2.75) is 4.90 Å². The van der Waals surface area contributed by atoms with Crippen molar-refractivity contribution in [2.75, 3.05) is 32.7 Å². The number of thiophene rings is 1. The maximum Gasteiger partial charge on any atom is 0.243 e. The molecule has 5 nitrogen and oxygen atoms in total. The van der Waals surface area contributed by atoms with Crippen molar-refractivity contribution in [3.05, 3.63) is 52.5 Å². The van der Waals surface area contributed by atoms with Crippen LogP contribution in [-0.2, 0) is 10.0 Å². The summed E-state index contributed by atoms with van der Waals surface area (Å²) < 4.78 is 39.7. The lowest BCUT2D eigenvalue weighted by molar-refractivity contribution is 0.0905. The summed E-state index contributed by atoms with van der Waals surface area (Å²) in [7, 11) is -3.70.